The summed E-state index contributed by atoms with van der Waals surface area (Å²) in [6.45, 7) is 1.69. The molecule has 2 N–H and O–H groups in total. The smallest absolute Gasteiger partial charge is 0.243 e. The fraction of sp³-hybridized carbons (Fsp3) is 0.176. The first-order valence-corrected chi connectivity index (χ1v) is 8.29. The van der Waals surface area contributed by atoms with Gasteiger partial charge in [0, 0.05) is 20.7 Å². The summed E-state index contributed by atoms with van der Waals surface area (Å²) in [6.07, 6.45) is -0.226. The summed E-state index contributed by atoms with van der Waals surface area (Å²) in [4.78, 5) is 23.7. The van der Waals surface area contributed by atoms with Crippen molar-refractivity contribution in [2.75, 3.05) is 11.9 Å². The molecule has 0 aliphatic carbocycles. The van der Waals surface area contributed by atoms with Gasteiger partial charge >= 0.3 is 0 Å². The molecule has 0 unspecified atom stereocenters. The van der Waals surface area contributed by atoms with Crippen LogP contribution in [0.1, 0.15) is 11.1 Å². The van der Waals surface area contributed by atoms with Crippen LogP contribution >= 0.6 is 27.5 Å². The number of rotatable bonds is 5. The van der Waals surface area contributed by atoms with Gasteiger partial charge in [0.05, 0.1) is 13.0 Å². The summed E-state index contributed by atoms with van der Waals surface area (Å²) in [6, 6.07) is 9.59. The molecule has 0 aliphatic rings. The minimum atomic E-state index is -0.549. The number of benzene rings is 2. The molecule has 0 fully saturated rings. The van der Waals surface area contributed by atoms with Gasteiger partial charge in [-0.1, -0.05) is 33.6 Å². The van der Waals surface area contributed by atoms with Gasteiger partial charge in [0.25, 0.3) is 0 Å². The second-order valence-electron chi connectivity index (χ2n) is 5.17. The minimum absolute atomic E-state index is 0.112. The standard InChI is InChI=1S/C17H15BrClFN2O2/c1-10-7-11(5-6-13(10)18)22-17(24)9-21-16(23)8-12-14(19)3-2-4-15(12)20/h2-7H,8-9H2,1H3,(H,21,23)(H,22,24). The molecule has 0 bridgehead atoms. The largest absolute Gasteiger partial charge is 0.347 e. The Labute approximate surface area is 152 Å². The molecule has 7 heteroatoms. The van der Waals surface area contributed by atoms with E-state index in [0.717, 1.165) is 10.0 Å². The number of aryl methyl sites for hydroxylation is 1. The van der Waals surface area contributed by atoms with Crippen molar-refractivity contribution in [3.05, 3.63) is 62.8 Å². The fourth-order valence-electron chi connectivity index (χ4n) is 2.03. The van der Waals surface area contributed by atoms with E-state index in [9.17, 15) is 14.0 Å². The molecular formula is C17H15BrClFN2O2. The maximum Gasteiger partial charge on any atom is 0.243 e. The molecule has 126 valence electrons. The van der Waals surface area contributed by atoms with E-state index < -0.39 is 11.7 Å². The Bertz CT molecular complexity index is 763. The molecule has 0 radical (unpaired) electrons. The lowest BCUT2D eigenvalue weighted by Crippen LogP contribution is -2.34. The Kier molecular flexibility index (Phi) is 6.34. The summed E-state index contributed by atoms with van der Waals surface area (Å²) in [5, 5.41) is 5.30. The summed E-state index contributed by atoms with van der Waals surface area (Å²) in [7, 11) is 0. The van der Waals surface area contributed by atoms with E-state index in [4.69, 9.17) is 11.6 Å². The lowest BCUT2D eigenvalue weighted by atomic mass is 10.1. The number of nitrogens with one attached hydrogen (secondary N) is 2. The lowest BCUT2D eigenvalue weighted by molar-refractivity contribution is -0.123. The van der Waals surface area contributed by atoms with Gasteiger partial charge in [-0.25, -0.2) is 4.39 Å². The van der Waals surface area contributed by atoms with E-state index >= 15 is 0 Å². The Hall–Kier alpha value is -1.92. The summed E-state index contributed by atoms with van der Waals surface area (Å²) < 4.78 is 14.6. The third-order valence-corrected chi connectivity index (χ3v) is 4.53. The van der Waals surface area contributed by atoms with Crippen LogP contribution in [0.2, 0.25) is 5.02 Å². The van der Waals surface area contributed by atoms with Crippen molar-refractivity contribution < 1.29 is 14.0 Å². The van der Waals surface area contributed by atoms with Crippen LogP contribution in [0.5, 0.6) is 0 Å². The number of carbonyl (C=O) groups is 2. The molecule has 0 aromatic heterocycles. The number of amides is 2. The molecule has 0 saturated carbocycles. The van der Waals surface area contributed by atoms with Crippen molar-refractivity contribution in [2.45, 2.75) is 13.3 Å². The molecule has 2 aromatic rings. The van der Waals surface area contributed by atoms with Crippen LogP contribution in [-0.4, -0.2) is 18.4 Å². The van der Waals surface area contributed by atoms with Crippen LogP contribution in [0, 0.1) is 12.7 Å². The van der Waals surface area contributed by atoms with Gasteiger partial charge in [-0.2, -0.15) is 0 Å². The van der Waals surface area contributed by atoms with Gasteiger partial charge < -0.3 is 10.6 Å². The molecule has 0 heterocycles. The third kappa shape index (κ3) is 5.04. The summed E-state index contributed by atoms with van der Waals surface area (Å²) >= 11 is 9.25. The Balaban J connectivity index is 1.87. The SMILES string of the molecule is Cc1cc(NC(=O)CNC(=O)Cc2c(F)cccc2Cl)ccc1Br. The van der Waals surface area contributed by atoms with Crippen molar-refractivity contribution in [1.82, 2.24) is 5.32 Å². The molecule has 2 amide bonds. The first-order chi connectivity index (χ1) is 11.4. The molecule has 2 rings (SSSR count). The zero-order valence-corrected chi connectivity index (χ0v) is 15.2. The monoisotopic (exact) mass is 412 g/mol. The van der Waals surface area contributed by atoms with Gasteiger partial charge in [0.15, 0.2) is 0 Å². The second-order valence-corrected chi connectivity index (χ2v) is 6.43. The van der Waals surface area contributed by atoms with Gasteiger partial charge in [-0.05, 0) is 42.8 Å². The minimum Gasteiger partial charge on any atom is -0.347 e. The van der Waals surface area contributed by atoms with E-state index in [1.54, 1.807) is 6.07 Å². The maximum absolute atomic E-state index is 13.6. The number of hydrogen-bond acceptors (Lipinski definition) is 2. The van der Waals surface area contributed by atoms with Crippen molar-refractivity contribution in [3.8, 4) is 0 Å². The van der Waals surface area contributed by atoms with E-state index in [2.05, 4.69) is 26.6 Å². The molecule has 4 nitrogen and oxygen atoms in total. The lowest BCUT2D eigenvalue weighted by Gasteiger charge is -2.09. The average Bonchev–Trinajstić information content (AvgIpc) is 2.53. The van der Waals surface area contributed by atoms with Crippen molar-refractivity contribution in [3.63, 3.8) is 0 Å². The van der Waals surface area contributed by atoms with Gasteiger partial charge in [0.1, 0.15) is 5.82 Å². The predicted octanol–water partition coefficient (Wildman–Crippen LogP) is 3.85. The molecule has 0 atom stereocenters. The fourth-order valence-corrected chi connectivity index (χ4v) is 2.51. The number of hydrogen-bond donors (Lipinski definition) is 2. The van der Waals surface area contributed by atoms with Crippen LogP contribution in [0.15, 0.2) is 40.9 Å². The highest BCUT2D eigenvalue weighted by molar-refractivity contribution is 9.10. The first-order valence-electron chi connectivity index (χ1n) is 7.12. The Morgan fingerprint density at radius 3 is 2.62 bits per heavy atom. The number of anilines is 1. The number of carbonyl (C=O) groups excluding carboxylic acids is 2. The quantitative estimate of drug-likeness (QED) is 0.782. The highest BCUT2D eigenvalue weighted by Gasteiger charge is 2.13. The predicted molar refractivity (Wildman–Crippen MR) is 95.6 cm³/mol. The second kappa shape index (κ2) is 8.26. The Morgan fingerprint density at radius 1 is 1.21 bits per heavy atom. The van der Waals surface area contributed by atoms with Gasteiger partial charge in [-0.3, -0.25) is 9.59 Å². The van der Waals surface area contributed by atoms with E-state index in [1.165, 1.54) is 18.2 Å². The molecule has 0 aliphatic heterocycles. The topological polar surface area (TPSA) is 58.2 Å². The van der Waals surface area contributed by atoms with E-state index in [-0.39, 0.29) is 29.5 Å². The molecule has 2 aromatic carbocycles. The summed E-state index contributed by atoms with van der Waals surface area (Å²) in [5.41, 5.74) is 1.72. The van der Waals surface area contributed by atoms with Crippen LogP contribution in [0.3, 0.4) is 0 Å². The van der Waals surface area contributed by atoms with Crippen LogP contribution in [0.4, 0.5) is 10.1 Å². The van der Waals surface area contributed by atoms with Crippen LogP contribution in [0.25, 0.3) is 0 Å². The van der Waals surface area contributed by atoms with Crippen molar-refractivity contribution in [1.29, 1.82) is 0 Å². The van der Waals surface area contributed by atoms with Crippen molar-refractivity contribution >= 4 is 45.0 Å². The van der Waals surface area contributed by atoms with Gasteiger partial charge in [-0.15, -0.1) is 0 Å². The van der Waals surface area contributed by atoms with Crippen molar-refractivity contribution in [2.24, 2.45) is 0 Å². The summed E-state index contributed by atoms with van der Waals surface area (Å²) in [5.74, 6) is -1.40. The molecular weight excluding hydrogens is 399 g/mol. The average molecular weight is 414 g/mol. The Morgan fingerprint density at radius 2 is 1.96 bits per heavy atom. The van der Waals surface area contributed by atoms with E-state index in [1.807, 2.05) is 19.1 Å². The van der Waals surface area contributed by atoms with Gasteiger partial charge in [0.2, 0.25) is 11.8 Å². The maximum atomic E-state index is 13.6. The van der Waals surface area contributed by atoms with Crippen LogP contribution in [-0.2, 0) is 16.0 Å². The highest BCUT2D eigenvalue weighted by Crippen LogP contribution is 2.20. The normalized spacial score (nSPS) is 10.3. The highest BCUT2D eigenvalue weighted by atomic mass is 79.9. The molecule has 24 heavy (non-hydrogen) atoms. The molecule has 0 saturated heterocycles. The molecule has 0 spiro atoms. The first kappa shape index (κ1) is 18.4. The van der Waals surface area contributed by atoms with E-state index in [0.29, 0.717) is 5.69 Å². The zero-order valence-electron chi connectivity index (χ0n) is 12.8. The number of halogens is 3. The van der Waals surface area contributed by atoms with Crippen LogP contribution < -0.4 is 10.6 Å². The zero-order chi connectivity index (χ0) is 17.7. The third-order valence-electron chi connectivity index (χ3n) is 3.29.